The van der Waals surface area contributed by atoms with Crippen molar-refractivity contribution in [3.63, 3.8) is 0 Å². The molecule has 0 saturated heterocycles. The van der Waals surface area contributed by atoms with Crippen molar-refractivity contribution in [2.24, 2.45) is 5.73 Å². The van der Waals surface area contributed by atoms with Gasteiger partial charge in [-0.1, -0.05) is 12.2 Å². The third-order valence-electron chi connectivity index (χ3n) is 1.15. The van der Waals surface area contributed by atoms with Crippen LogP contribution in [0.3, 0.4) is 0 Å². The van der Waals surface area contributed by atoms with Gasteiger partial charge in [0.25, 0.3) is 0 Å². The third kappa shape index (κ3) is 3.24. The van der Waals surface area contributed by atoms with Crippen LogP contribution in [0, 0.1) is 0 Å². The van der Waals surface area contributed by atoms with E-state index >= 15 is 0 Å². The fourth-order valence-electron chi connectivity index (χ4n) is 0.458. The SMILES string of the molecule is C=C(CCO)C(N)CO. The van der Waals surface area contributed by atoms with Crippen molar-refractivity contribution < 1.29 is 10.2 Å². The van der Waals surface area contributed by atoms with Crippen LogP contribution >= 0.6 is 0 Å². The van der Waals surface area contributed by atoms with Crippen molar-refractivity contribution in [1.82, 2.24) is 0 Å². The summed E-state index contributed by atoms with van der Waals surface area (Å²) in [4.78, 5) is 0. The lowest BCUT2D eigenvalue weighted by Crippen LogP contribution is -2.26. The number of hydrogen-bond acceptors (Lipinski definition) is 3. The second-order valence-corrected chi connectivity index (χ2v) is 1.92. The largest absolute Gasteiger partial charge is 0.396 e. The van der Waals surface area contributed by atoms with E-state index in [4.69, 9.17) is 15.9 Å². The molecular formula is C6H13NO2. The first kappa shape index (κ1) is 8.62. The second-order valence-electron chi connectivity index (χ2n) is 1.92. The lowest BCUT2D eigenvalue weighted by atomic mass is 10.1. The van der Waals surface area contributed by atoms with Crippen molar-refractivity contribution in [2.75, 3.05) is 13.2 Å². The van der Waals surface area contributed by atoms with Crippen molar-refractivity contribution in [3.8, 4) is 0 Å². The third-order valence-corrected chi connectivity index (χ3v) is 1.15. The van der Waals surface area contributed by atoms with Crippen LogP contribution in [0.25, 0.3) is 0 Å². The van der Waals surface area contributed by atoms with E-state index in [0.717, 1.165) is 0 Å². The standard InChI is InChI=1S/C6H13NO2/c1-5(2-3-8)6(7)4-9/h6,8-9H,1-4,7H2. The van der Waals surface area contributed by atoms with Crippen molar-refractivity contribution in [1.29, 1.82) is 0 Å². The molecule has 1 atom stereocenters. The van der Waals surface area contributed by atoms with Gasteiger partial charge in [-0.05, 0) is 6.42 Å². The lowest BCUT2D eigenvalue weighted by Gasteiger charge is -2.09. The Morgan fingerprint density at radius 2 is 2.11 bits per heavy atom. The van der Waals surface area contributed by atoms with Crippen LogP contribution in [0.1, 0.15) is 6.42 Å². The smallest absolute Gasteiger partial charge is 0.0621 e. The minimum Gasteiger partial charge on any atom is -0.396 e. The Labute approximate surface area is 54.8 Å². The molecule has 0 aromatic heterocycles. The highest BCUT2D eigenvalue weighted by atomic mass is 16.3. The number of nitrogens with two attached hydrogens (primary N) is 1. The van der Waals surface area contributed by atoms with Crippen molar-refractivity contribution in [3.05, 3.63) is 12.2 Å². The van der Waals surface area contributed by atoms with Crippen LogP contribution in [0.15, 0.2) is 12.2 Å². The van der Waals surface area contributed by atoms with E-state index in [1.165, 1.54) is 0 Å². The molecule has 0 rings (SSSR count). The van der Waals surface area contributed by atoms with Gasteiger partial charge in [-0.15, -0.1) is 0 Å². The summed E-state index contributed by atoms with van der Waals surface area (Å²) >= 11 is 0. The number of hydrogen-bond donors (Lipinski definition) is 3. The van der Waals surface area contributed by atoms with Gasteiger partial charge in [0.2, 0.25) is 0 Å². The second kappa shape index (κ2) is 4.49. The van der Waals surface area contributed by atoms with E-state index in [0.29, 0.717) is 12.0 Å². The van der Waals surface area contributed by atoms with E-state index < -0.39 is 0 Å². The summed E-state index contributed by atoms with van der Waals surface area (Å²) in [6.07, 6.45) is 0.474. The van der Waals surface area contributed by atoms with E-state index in [1.807, 2.05) is 0 Å². The Bertz CT molecular complexity index is 93.1. The summed E-state index contributed by atoms with van der Waals surface area (Å²) in [7, 11) is 0. The summed E-state index contributed by atoms with van der Waals surface area (Å²) in [6, 6.07) is -0.378. The van der Waals surface area contributed by atoms with Gasteiger partial charge in [-0.3, -0.25) is 0 Å². The Morgan fingerprint density at radius 3 is 2.44 bits per heavy atom. The molecule has 0 aromatic rings. The maximum absolute atomic E-state index is 8.46. The highest BCUT2D eigenvalue weighted by Crippen LogP contribution is 1.99. The quantitative estimate of drug-likeness (QED) is 0.439. The molecule has 1 unspecified atom stereocenters. The predicted octanol–water partition coefficient (Wildman–Crippen LogP) is -0.755. The van der Waals surface area contributed by atoms with E-state index in [9.17, 15) is 0 Å². The summed E-state index contributed by atoms with van der Waals surface area (Å²) in [5.74, 6) is 0. The minimum absolute atomic E-state index is 0.0481. The van der Waals surface area contributed by atoms with Gasteiger partial charge in [0.1, 0.15) is 0 Å². The Kier molecular flexibility index (Phi) is 4.30. The van der Waals surface area contributed by atoms with Crippen molar-refractivity contribution >= 4 is 0 Å². The van der Waals surface area contributed by atoms with Crippen LogP contribution in [-0.4, -0.2) is 29.5 Å². The van der Waals surface area contributed by atoms with Gasteiger partial charge >= 0.3 is 0 Å². The van der Waals surface area contributed by atoms with E-state index in [2.05, 4.69) is 6.58 Å². The molecule has 9 heavy (non-hydrogen) atoms. The van der Waals surface area contributed by atoms with Crippen LogP contribution in [-0.2, 0) is 0 Å². The van der Waals surface area contributed by atoms with Gasteiger partial charge in [0.05, 0.1) is 6.61 Å². The maximum atomic E-state index is 8.46. The number of aliphatic hydroxyl groups excluding tert-OH is 2. The predicted molar refractivity (Wildman–Crippen MR) is 35.9 cm³/mol. The molecule has 54 valence electrons. The summed E-state index contributed by atoms with van der Waals surface area (Å²) in [5, 5.41) is 16.8. The molecule has 4 N–H and O–H groups in total. The van der Waals surface area contributed by atoms with Crippen molar-refractivity contribution in [2.45, 2.75) is 12.5 Å². The van der Waals surface area contributed by atoms with Gasteiger partial charge < -0.3 is 15.9 Å². The van der Waals surface area contributed by atoms with Gasteiger partial charge in [0, 0.05) is 12.6 Å². The zero-order chi connectivity index (χ0) is 7.28. The monoisotopic (exact) mass is 131 g/mol. The Morgan fingerprint density at radius 1 is 1.56 bits per heavy atom. The molecule has 0 aliphatic heterocycles. The summed E-state index contributed by atoms with van der Waals surface area (Å²) in [6.45, 7) is 3.52. The van der Waals surface area contributed by atoms with E-state index in [-0.39, 0.29) is 19.3 Å². The molecular weight excluding hydrogens is 118 g/mol. The minimum atomic E-state index is -0.378. The van der Waals surface area contributed by atoms with Crippen LogP contribution < -0.4 is 5.73 Å². The maximum Gasteiger partial charge on any atom is 0.0621 e. The fraction of sp³-hybridized carbons (Fsp3) is 0.667. The van der Waals surface area contributed by atoms with Crippen LogP contribution in [0.4, 0.5) is 0 Å². The molecule has 0 aromatic carbocycles. The fourth-order valence-corrected chi connectivity index (χ4v) is 0.458. The molecule has 0 bridgehead atoms. The number of rotatable bonds is 4. The normalized spacial score (nSPS) is 13.2. The summed E-state index contributed by atoms with van der Waals surface area (Å²) < 4.78 is 0. The summed E-state index contributed by atoms with van der Waals surface area (Å²) in [5.41, 5.74) is 6.04. The first-order valence-corrected chi connectivity index (χ1v) is 2.87. The lowest BCUT2D eigenvalue weighted by molar-refractivity contribution is 0.265. The van der Waals surface area contributed by atoms with Gasteiger partial charge in [-0.25, -0.2) is 0 Å². The molecule has 3 nitrogen and oxygen atoms in total. The first-order chi connectivity index (χ1) is 4.22. The molecule has 0 aliphatic carbocycles. The molecule has 0 aliphatic rings. The molecule has 0 saturated carbocycles. The molecule has 0 amide bonds. The van der Waals surface area contributed by atoms with Gasteiger partial charge in [-0.2, -0.15) is 0 Å². The Balaban J connectivity index is 3.46. The molecule has 3 heteroatoms. The first-order valence-electron chi connectivity index (χ1n) is 2.87. The molecule has 0 spiro atoms. The average molecular weight is 131 g/mol. The van der Waals surface area contributed by atoms with E-state index in [1.54, 1.807) is 0 Å². The number of aliphatic hydroxyl groups is 2. The van der Waals surface area contributed by atoms with Crippen LogP contribution in [0.5, 0.6) is 0 Å². The molecule has 0 heterocycles. The average Bonchev–Trinajstić information content (AvgIpc) is 1.87. The highest BCUT2D eigenvalue weighted by molar-refractivity contribution is 5.03. The van der Waals surface area contributed by atoms with Crippen LogP contribution in [0.2, 0.25) is 0 Å². The zero-order valence-electron chi connectivity index (χ0n) is 5.38. The zero-order valence-corrected chi connectivity index (χ0v) is 5.38. The Hall–Kier alpha value is -0.380. The molecule has 0 fully saturated rings. The topological polar surface area (TPSA) is 66.5 Å². The van der Waals surface area contributed by atoms with Gasteiger partial charge in [0.15, 0.2) is 0 Å². The highest BCUT2D eigenvalue weighted by Gasteiger charge is 2.02. The molecule has 0 radical (unpaired) electrons.